The highest BCUT2D eigenvalue weighted by molar-refractivity contribution is 5.92. The predicted octanol–water partition coefficient (Wildman–Crippen LogP) is 3.21. The second kappa shape index (κ2) is 10.4. The van der Waals surface area contributed by atoms with Gasteiger partial charge in [-0.2, -0.15) is 0 Å². The molecule has 1 heterocycles. The van der Waals surface area contributed by atoms with E-state index in [4.69, 9.17) is 18.6 Å². The van der Waals surface area contributed by atoms with Crippen LogP contribution in [0.25, 0.3) is 0 Å². The minimum Gasteiger partial charge on any atom is -0.490 e. The third-order valence-electron chi connectivity index (χ3n) is 3.94. The van der Waals surface area contributed by atoms with E-state index in [0.717, 1.165) is 5.56 Å². The van der Waals surface area contributed by atoms with E-state index in [1.807, 2.05) is 32.0 Å². The van der Waals surface area contributed by atoms with Crippen LogP contribution in [0, 0.1) is 13.8 Å². The largest absolute Gasteiger partial charge is 0.490 e. The summed E-state index contributed by atoms with van der Waals surface area (Å²) in [6, 6.07) is 7.30. The molecule has 0 fully saturated rings. The Morgan fingerprint density at radius 1 is 1.04 bits per heavy atom. The molecule has 1 amide bonds. The molecule has 1 aromatic heterocycles. The fourth-order valence-corrected chi connectivity index (χ4v) is 2.69. The summed E-state index contributed by atoms with van der Waals surface area (Å²) in [5.41, 5.74) is 1.34. The number of ether oxygens (including phenoxy) is 3. The first kappa shape index (κ1) is 21.3. The van der Waals surface area contributed by atoms with Crippen LogP contribution >= 0.6 is 0 Å². The van der Waals surface area contributed by atoms with Gasteiger partial charge in [-0.25, -0.2) is 4.79 Å². The van der Waals surface area contributed by atoms with Gasteiger partial charge in [-0.1, -0.05) is 6.07 Å². The molecule has 0 saturated heterocycles. The van der Waals surface area contributed by atoms with Crippen molar-refractivity contribution in [3.05, 3.63) is 46.9 Å². The summed E-state index contributed by atoms with van der Waals surface area (Å²) >= 11 is 0. The van der Waals surface area contributed by atoms with Crippen LogP contribution in [0.4, 0.5) is 0 Å². The highest BCUT2D eigenvalue weighted by Crippen LogP contribution is 2.28. The first-order valence-corrected chi connectivity index (χ1v) is 9.34. The van der Waals surface area contributed by atoms with Gasteiger partial charge in [0.15, 0.2) is 18.1 Å². The maximum Gasteiger partial charge on any atom is 0.342 e. The van der Waals surface area contributed by atoms with E-state index < -0.39 is 5.97 Å². The second-order valence-electron chi connectivity index (χ2n) is 6.15. The molecule has 2 rings (SSSR count). The van der Waals surface area contributed by atoms with Crippen LogP contribution in [0.5, 0.6) is 11.5 Å². The Balaban J connectivity index is 1.79. The molecule has 1 aromatic carbocycles. The lowest BCUT2D eigenvalue weighted by molar-refractivity contribution is -0.124. The fourth-order valence-electron chi connectivity index (χ4n) is 2.69. The standard InChI is InChI=1S/C21H27NO6/c1-5-25-18-8-7-16(12-19(18)26-6-2)9-10-22-20(23)13-27-21(24)17-11-14(3)28-15(17)4/h7-8,11-12H,5-6,9-10,13H2,1-4H3,(H,22,23). The van der Waals surface area contributed by atoms with Crippen LogP contribution in [0.15, 0.2) is 28.7 Å². The molecule has 1 N–H and O–H groups in total. The predicted molar refractivity (Wildman–Crippen MR) is 104 cm³/mol. The molecule has 2 aromatic rings. The van der Waals surface area contributed by atoms with Crippen molar-refractivity contribution in [1.29, 1.82) is 0 Å². The quantitative estimate of drug-likeness (QED) is 0.628. The van der Waals surface area contributed by atoms with Gasteiger partial charge in [0.05, 0.1) is 13.2 Å². The number of furan rings is 1. The van der Waals surface area contributed by atoms with Crippen LogP contribution < -0.4 is 14.8 Å². The number of aryl methyl sites for hydroxylation is 2. The Bertz CT molecular complexity index is 811. The Labute approximate surface area is 165 Å². The number of carbonyl (C=O) groups excluding carboxylic acids is 2. The van der Waals surface area contributed by atoms with Gasteiger partial charge in [0.1, 0.15) is 17.1 Å². The molecule has 7 heteroatoms. The number of amides is 1. The molecule has 28 heavy (non-hydrogen) atoms. The number of carbonyl (C=O) groups is 2. The zero-order valence-corrected chi connectivity index (χ0v) is 16.8. The molecule has 0 spiro atoms. The Kier molecular flexibility index (Phi) is 7.92. The summed E-state index contributed by atoms with van der Waals surface area (Å²) in [5, 5.41) is 2.74. The molecule has 0 aliphatic rings. The number of nitrogens with one attached hydrogen (secondary N) is 1. The monoisotopic (exact) mass is 389 g/mol. The van der Waals surface area contributed by atoms with Crippen molar-refractivity contribution in [3.8, 4) is 11.5 Å². The summed E-state index contributed by atoms with van der Waals surface area (Å²) in [7, 11) is 0. The second-order valence-corrected chi connectivity index (χ2v) is 6.15. The summed E-state index contributed by atoms with van der Waals surface area (Å²) < 4.78 is 21.5. The smallest absolute Gasteiger partial charge is 0.342 e. The lowest BCUT2D eigenvalue weighted by atomic mass is 10.1. The maximum atomic E-state index is 12.0. The van der Waals surface area contributed by atoms with Gasteiger partial charge in [0.25, 0.3) is 5.91 Å². The minimum atomic E-state index is -0.572. The van der Waals surface area contributed by atoms with Crippen molar-refractivity contribution < 1.29 is 28.2 Å². The van der Waals surface area contributed by atoms with Crippen LogP contribution in [-0.2, 0) is 16.0 Å². The van der Waals surface area contributed by atoms with Crippen LogP contribution in [-0.4, -0.2) is 38.2 Å². The lowest BCUT2D eigenvalue weighted by Gasteiger charge is -2.12. The van der Waals surface area contributed by atoms with Crippen molar-refractivity contribution in [2.24, 2.45) is 0 Å². The van der Waals surface area contributed by atoms with Gasteiger partial charge in [-0.3, -0.25) is 4.79 Å². The molecular weight excluding hydrogens is 362 g/mol. The SMILES string of the molecule is CCOc1ccc(CCNC(=O)COC(=O)c2cc(C)oc2C)cc1OCC. The summed E-state index contributed by atoms with van der Waals surface area (Å²) in [6.07, 6.45) is 0.617. The van der Waals surface area contributed by atoms with E-state index >= 15 is 0 Å². The maximum absolute atomic E-state index is 12.0. The molecule has 0 radical (unpaired) electrons. The van der Waals surface area contributed by atoms with Gasteiger partial charge in [-0.05, 0) is 57.9 Å². The molecule has 0 atom stereocenters. The van der Waals surface area contributed by atoms with Crippen LogP contribution in [0.3, 0.4) is 0 Å². The van der Waals surface area contributed by atoms with Crippen molar-refractivity contribution in [2.45, 2.75) is 34.1 Å². The number of hydrogen-bond donors (Lipinski definition) is 1. The Morgan fingerprint density at radius 3 is 2.39 bits per heavy atom. The van der Waals surface area contributed by atoms with Gasteiger partial charge >= 0.3 is 5.97 Å². The number of benzene rings is 1. The number of hydrogen-bond acceptors (Lipinski definition) is 6. The molecule has 0 saturated carbocycles. The van der Waals surface area contributed by atoms with Gasteiger partial charge in [0.2, 0.25) is 0 Å². The summed E-state index contributed by atoms with van der Waals surface area (Å²) in [6.45, 7) is 8.44. The zero-order valence-electron chi connectivity index (χ0n) is 16.8. The Hall–Kier alpha value is -2.96. The fraction of sp³-hybridized carbons (Fsp3) is 0.429. The Morgan fingerprint density at radius 2 is 1.75 bits per heavy atom. The lowest BCUT2D eigenvalue weighted by Crippen LogP contribution is -2.30. The van der Waals surface area contributed by atoms with Gasteiger partial charge in [0, 0.05) is 6.54 Å². The summed E-state index contributed by atoms with van der Waals surface area (Å²) in [4.78, 5) is 23.9. The highest BCUT2D eigenvalue weighted by Gasteiger charge is 2.16. The average Bonchev–Trinajstić information content (AvgIpc) is 3.00. The molecule has 0 aliphatic heterocycles. The van der Waals surface area contributed by atoms with Crippen LogP contribution in [0.1, 0.15) is 41.3 Å². The minimum absolute atomic E-state index is 0.336. The van der Waals surface area contributed by atoms with E-state index in [2.05, 4.69) is 5.32 Å². The normalized spacial score (nSPS) is 10.4. The first-order chi connectivity index (χ1) is 13.4. The third kappa shape index (κ3) is 6.04. The molecule has 0 bridgehead atoms. The summed E-state index contributed by atoms with van der Waals surface area (Å²) in [5.74, 6) is 1.56. The average molecular weight is 389 g/mol. The van der Waals surface area contributed by atoms with E-state index in [0.29, 0.717) is 54.8 Å². The van der Waals surface area contributed by atoms with Crippen molar-refractivity contribution in [3.63, 3.8) is 0 Å². The molecular formula is C21H27NO6. The topological polar surface area (TPSA) is 87.0 Å². The van der Waals surface area contributed by atoms with E-state index in [1.165, 1.54) is 0 Å². The molecule has 0 aliphatic carbocycles. The number of esters is 1. The molecule has 152 valence electrons. The number of rotatable bonds is 10. The van der Waals surface area contributed by atoms with Crippen LogP contribution in [0.2, 0.25) is 0 Å². The van der Waals surface area contributed by atoms with Gasteiger partial charge in [-0.15, -0.1) is 0 Å². The van der Waals surface area contributed by atoms with Crippen molar-refractivity contribution in [1.82, 2.24) is 5.32 Å². The third-order valence-corrected chi connectivity index (χ3v) is 3.94. The molecule has 0 unspecified atom stereocenters. The van der Waals surface area contributed by atoms with E-state index in [9.17, 15) is 9.59 Å². The van der Waals surface area contributed by atoms with E-state index in [1.54, 1.807) is 19.9 Å². The zero-order chi connectivity index (χ0) is 20.5. The van der Waals surface area contributed by atoms with Crippen molar-refractivity contribution >= 4 is 11.9 Å². The highest BCUT2D eigenvalue weighted by atomic mass is 16.5. The van der Waals surface area contributed by atoms with E-state index in [-0.39, 0.29) is 12.5 Å². The first-order valence-electron chi connectivity index (χ1n) is 9.34. The molecule has 7 nitrogen and oxygen atoms in total. The van der Waals surface area contributed by atoms with Crippen molar-refractivity contribution in [2.75, 3.05) is 26.4 Å². The van der Waals surface area contributed by atoms with Gasteiger partial charge < -0.3 is 23.9 Å².